The normalized spacial score (nSPS) is 13.2. The fourth-order valence-electron chi connectivity index (χ4n) is 4.46. The molecule has 2 aromatic carbocycles. The van der Waals surface area contributed by atoms with Gasteiger partial charge >= 0.3 is 5.97 Å². The van der Waals surface area contributed by atoms with Crippen molar-refractivity contribution in [2.75, 3.05) is 20.8 Å². The number of nitrogens with zero attached hydrogens (tertiary/aromatic N) is 1. The summed E-state index contributed by atoms with van der Waals surface area (Å²) in [6.07, 6.45) is 0.696. The molecular weight excluding hydrogens is 456 g/mol. The van der Waals surface area contributed by atoms with Gasteiger partial charge in [0.25, 0.3) is 5.91 Å². The van der Waals surface area contributed by atoms with Gasteiger partial charge in [-0.2, -0.15) is 0 Å². The van der Waals surface area contributed by atoms with Gasteiger partial charge in [0.05, 0.1) is 29.6 Å². The number of esters is 1. The van der Waals surface area contributed by atoms with Crippen LogP contribution < -0.4 is 10.1 Å². The van der Waals surface area contributed by atoms with Crippen molar-refractivity contribution in [2.24, 2.45) is 0 Å². The first-order valence-corrected chi connectivity index (χ1v) is 12.3. The molecule has 0 unspecified atom stereocenters. The van der Waals surface area contributed by atoms with E-state index in [0.717, 1.165) is 5.69 Å². The number of nitrogens with one attached hydrogen (secondary N) is 1. The Balaban J connectivity index is 1.90. The SMILES string of the molecule is COC(=O)Cn1c(C)c(Cc2c(OC)cccc2S(=O)(=O)c2ccccc2)c2c1CCNC2=O. The number of aromatic nitrogens is 1. The predicted molar refractivity (Wildman–Crippen MR) is 125 cm³/mol. The molecule has 0 aliphatic carbocycles. The lowest BCUT2D eigenvalue weighted by molar-refractivity contribution is -0.141. The zero-order valence-corrected chi connectivity index (χ0v) is 20.1. The van der Waals surface area contributed by atoms with Crippen LogP contribution in [0.25, 0.3) is 0 Å². The molecule has 34 heavy (non-hydrogen) atoms. The van der Waals surface area contributed by atoms with E-state index >= 15 is 0 Å². The smallest absolute Gasteiger partial charge is 0.325 e. The Kier molecular flexibility index (Phi) is 6.47. The molecule has 9 heteroatoms. The number of hydrogen-bond donors (Lipinski definition) is 1. The quantitative estimate of drug-likeness (QED) is 0.520. The number of sulfone groups is 1. The molecule has 0 saturated carbocycles. The lowest BCUT2D eigenvalue weighted by Gasteiger charge is -2.17. The van der Waals surface area contributed by atoms with Crippen LogP contribution in [0.5, 0.6) is 5.75 Å². The van der Waals surface area contributed by atoms with E-state index in [1.54, 1.807) is 53.1 Å². The molecule has 178 valence electrons. The van der Waals surface area contributed by atoms with Crippen molar-refractivity contribution in [3.63, 3.8) is 0 Å². The largest absolute Gasteiger partial charge is 0.496 e. The molecule has 0 spiro atoms. The Labute approximate surface area is 198 Å². The van der Waals surface area contributed by atoms with Crippen LogP contribution >= 0.6 is 0 Å². The first kappa shape index (κ1) is 23.6. The number of amides is 1. The van der Waals surface area contributed by atoms with Crippen molar-refractivity contribution in [3.8, 4) is 5.75 Å². The second-order valence-corrected chi connectivity index (χ2v) is 9.90. The van der Waals surface area contributed by atoms with E-state index in [4.69, 9.17) is 9.47 Å². The number of carbonyl (C=O) groups is 2. The molecule has 0 bridgehead atoms. The maximum absolute atomic E-state index is 13.5. The molecular formula is C25H26N2O6S. The Hall–Kier alpha value is -3.59. The van der Waals surface area contributed by atoms with Gasteiger partial charge in [0.15, 0.2) is 0 Å². The molecule has 0 fully saturated rings. The highest BCUT2D eigenvalue weighted by Gasteiger charge is 2.31. The van der Waals surface area contributed by atoms with E-state index in [2.05, 4.69) is 5.32 Å². The van der Waals surface area contributed by atoms with Gasteiger partial charge in [0.1, 0.15) is 12.3 Å². The van der Waals surface area contributed by atoms with E-state index in [1.165, 1.54) is 14.2 Å². The summed E-state index contributed by atoms with van der Waals surface area (Å²) >= 11 is 0. The average molecular weight is 483 g/mol. The number of hydrogen-bond acceptors (Lipinski definition) is 6. The van der Waals surface area contributed by atoms with Crippen molar-refractivity contribution in [1.82, 2.24) is 9.88 Å². The Morgan fingerprint density at radius 1 is 1.06 bits per heavy atom. The van der Waals surface area contributed by atoms with Crippen LogP contribution in [0.1, 0.15) is 32.9 Å². The monoisotopic (exact) mass is 482 g/mol. The van der Waals surface area contributed by atoms with Crippen molar-refractivity contribution >= 4 is 21.7 Å². The average Bonchev–Trinajstić information content (AvgIpc) is 3.11. The molecule has 1 amide bonds. The lowest BCUT2D eigenvalue weighted by Crippen LogP contribution is -2.33. The summed E-state index contributed by atoms with van der Waals surface area (Å²) in [7, 11) is -1.05. The Morgan fingerprint density at radius 3 is 2.47 bits per heavy atom. The molecule has 8 nitrogen and oxygen atoms in total. The molecule has 0 saturated heterocycles. The third kappa shape index (κ3) is 4.07. The second-order valence-electron chi connectivity index (χ2n) is 7.98. The van der Waals surface area contributed by atoms with E-state index in [1.807, 2.05) is 6.92 Å². The molecule has 4 rings (SSSR count). The predicted octanol–water partition coefficient (Wildman–Crippen LogP) is 2.69. The van der Waals surface area contributed by atoms with Crippen LogP contribution in [-0.2, 0) is 38.8 Å². The molecule has 1 N–H and O–H groups in total. The number of fused-ring (bicyclic) bond motifs is 1. The fraction of sp³-hybridized carbons (Fsp3) is 0.280. The standard InChI is InChI=1S/C25H26N2O6S/c1-16-18(24-20(12-13-26-25(24)29)27(16)15-23(28)33-3)14-19-21(32-2)10-7-11-22(19)34(30,31)17-8-5-4-6-9-17/h4-11H,12-15H2,1-3H3,(H,26,29). The summed E-state index contributed by atoms with van der Waals surface area (Å²) in [5.74, 6) is -0.268. The molecule has 3 aromatic rings. The van der Waals surface area contributed by atoms with E-state index in [0.29, 0.717) is 41.1 Å². The molecule has 0 atom stereocenters. The van der Waals surface area contributed by atoms with Crippen LogP contribution in [0.15, 0.2) is 58.3 Å². The van der Waals surface area contributed by atoms with Gasteiger partial charge in [0, 0.05) is 36.3 Å². The molecule has 1 aliphatic rings. The van der Waals surface area contributed by atoms with Crippen molar-refractivity contribution in [1.29, 1.82) is 0 Å². The molecule has 1 aliphatic heterocycles. The van der Waals surface area contributed by atoms with Gasteiger partial charge < -0.3 is 19.4 Å². The number of carbonyl (C=O) groups excluding carboxylic acids is 2. The molecule has 0 radical (unpaired) electrons. The van der Waals surface area contributed by atoms with Crippen LogP contribution in [0.3, 0.4) is 0 Å². The Morgan fingerprint density at radius 2 is 1.79 bits per heavy atom. The fourth-order valence-corrected chi connectivity index (χ4v) is 5.98. The van der Waals surface area contributed by atoms with E-state index in [9.17, 15) is 18.0 Å². The van der Waals surface area contributed by atoms with Gasteiger partial charge in [-0.1, -0.05) is 24.3 Å². The summed E-state index contributed by atoms with van der Waals surface area (Å²) in [4.78, 5) is 25.2. The maximum atomic E-state index is 13.5. The summed E-state index contributed by atoms with van der Waals surface area (Å²) in [5, 5.41) is 2.85. The van der Waals surface area contributed by atoms with Gasteiger partial charge in [-0.15, -0.1) is 0 Å². The van der Waals surface area contributed by atoms with E-state index < -0.39 is 15.8 Å². The summed E-state index contributed by atoms with van der Waals surface area (Å²) in [5.41, 5.74) is 3.03. The summed E-state index contributed by atoms with van der Waals surface area (Å²) in [6.45, 7) is 2.25. The first-order valence-electron chi connectivity index (χ1n) is 10.8. The summed E-state index contributed by atoms with van der Waals surface area (Å²) in [6, 6.07) is 13.1. The second kappa shape index (κ2) is 9.34. The van der Waals surface area contributed by atoms with Crippen LogP contribution in [0.4, 0.5) is 0 Å². The van der Waals surface area contributed by atoms with Crippen molar-refractivity contribution in [2.45, 2.75) is 36.1 Å². The minimum absolute atomic E-state index is 0.0287. The highest BCUT2D eigenvalue weighted by Crippen LogP contribution is 2.35. The summed E-state index contributed by atoms with van der Waals surface area (Å²) < 4.78 is 39.3. The minimum Gasteiger partial charge on any atom is -0.496 e. The minimum atomic E-state index is -3.85. The third-order valence-corrected chi connectivity index (χ3v) is 8.01. The van der Waals surface area contributed by atoms with Crippen molar-refractivity contribution < 1.29 is 27.5 Å². The number of methoxy groups -OCH3 is 2. The first-order chi connectivity index (χ1) is 16.3. The number of ether oxygens (including phenoxy) is 2. The topological polar surface area (TPSA) is 104 Å². The zero-order chi connectivity index (χ0) is 24.5. The highest BCUT2D eigenvalue weighted by atomic mass is 32.2. The molecule has 1 aromatic heterocycles. The number of rotatable bonds is 7. The number of benzene rings is 2. The third-order valence-electron chi connectivity index (χ3n) is 6.15. The Bertz CT molecular complexity index is 1360. The van der Waals surface area contributed by atoms with Gasteiger partial charge in [0.2, 0.25) is 9.84 Å². The van der Waals surface area contributed by atoms with Crippen LogP contribution in [0, 0.1) is 6.92 Å². The lowest BCUT2D eigenvalue weighted by atomic mass is 9.97. The highest BCUT2D eigenvalue weighted by molar-refractivity contribution is 7.91. The molecule has 2 heterocycles. The van der Waals surface area contributed by atoms with E-state index in [-0.39, 0.29) is 28.7 Å². The van der Waals surface area contributed by atoms with Gasteiger partial charge in [-0.05, 0) is 36.8 Å². The maximum Gasteiger partial charge on any atom is 0.325 e. The van der Waals surface area contributed by atoms with Crippen LogP contribution in [0.2, 0.25) is 0 Å². The zero-order valence-electron chi connectivity index (χ0n) is 19.3. The van der Waals surface area contributed by atoms with Crippen molar-refractivity contribution in [3.05, 3.63) is 76.6 Å². The van der Waals surface area contributed by atoms with Gasteiger partial charge in [-0.3, -0.25) is 9.59 Å². The van der Waals surface area contributed by atoms with Gasteiger partial charge in [-0.25, -0.2) is 8.42 Å². The van der Waals surface area contributed by atoms with Crippen LogP contribution in [-0.4, -0.2) is 45.6 Å².